The quantitative estimate of drug-likeness (QED) is 0.117. The van der Waals surface area contributed by atoms with E-state index in [0.717, 1.165) is 0 Å². The van der Waals surface area contributed by atoms with Gasteiger partial charge in [0.1, 0.15) is 0 Å². The Labute approximate surface area is 236 Å². The molecule has 0 amide bonds. The van der Waals surface area contributed by atoms with E-state index >= 15 is 0 Å². The molecule has 0 bridgehead atoms. The highest BCUT2D eigenvalue weighted by molar-refractivity contribution is 6.21. The Bertz CT molecular complexity index is 913. The van der Waals surface area contributed by atoms with E-state index in [2.05, 4.69) is 0 Å². The third-order valence-electron chi connectivity index (χ3n) is 6.94. The lowest BCUT2D eigenvalue weighted by Gasteiger charge is -2.33. The van der Waals surface area contributed by atoms with E-state index in [1.807, 2.05) is 0 Å². The van der Waals surface area contributed by atoms with Crippen LogP contribution in [0.2, 0.25) is 0 Å². The summed E-state index contributed by atoms with van der Waals surface area (Å²) in [6.07, 6.45) is 3.25. The molecule has 1 aliphatic carbocycles. The molecule has 10 nitrogen and oxygen atoms in total. The number of carbonyl (C=O) groups excluding carboxylic acids is 6. The fraction of sp³-hybridized carbons (Fsp3) is 0.667. The van der Waals surface area contributed by atoms with Crippen molar-refractivity contribution in [2.75, 3.05) is 26.4 Å². The lowest BCUT2D eigenvalue weighted by Crippen LogP contribution is -2.33. The molecular formula is C30H44O10. The molecule has 0 saturated carbocycles. The summed E-state index contributed by atoms with van der Waals surface area (Å²) in [4.78, 5) is 76.0. The number of esters is 4. The van der Waals surface area contributed by atoms with Gasteiger partial charge in [0.05, 0.1) is 26.4 Å². The summed E-state index contributed by atoms with van der Waals surface area (Å²) in [5, 5.41) is 0. The van der Waals surface area contributed by atoms with Gasteiger partial charge in [0.15, 0.2) is 23.4 Å². The summed E-state index contributed by atoms with van der Waals surface area (Å²) in [7, 11) is 0. The highest BCUT2D eigenvalue weighted by Gasteiger charge is 2.40. The van der Waals surface area contributed by atoms with E-state index in [9.17, 15) is 28.8 Å². The van der Waals surface area contributed by atoms with Crippen molar-refractivity contribution in [1.29, 1.82) is 0 Å². The smallest absolute Gasteiger partial charge is 0.320 e. The predicted molar refractivity (Wildman–Crippen MR) is 146 cm³/mol. The van der Waals surface area contributed by atoms with E-state index in [0.29, 0.717) is 0 Å². The number of hydrogen-bond acceptors (Lipinski definition) is 10. The van der Waals surface area contributed by atoms with Gasteiger partial charge in [-0.05, 0) is 76.4 Å². The average molecular weight is 565 g/mol. The highest BCUT2D eigenvalue weighted by atomic mass is 16.6. The summed E-state index contributed by atoms with van der Waals surface area (Å²) < 4.78 is 20.1. The second-order valence-corrected chi connectivity index (χ2v) is 10.8. The molecule has 40 heavy (non-hydrogen) atoms. The van der Waals surface area contributed by atoms with Gasteiger partial charge in [-0.25, -0.2) is 0 Å². The molecule has 0 fully saturated rings. The van der Waals surface area contributed by atoms with Crippen LogP contribution in [0.15, 0.2) is 23.3 Å². The van der Waals surface area contributed by atoms with Crippen molar-refractivity contribution in [2.45, 2.75) is 81.1 Å². The molecule has 1 aliphatic rings. The Hall–Kier alpha value is -3.30. The Balaban J connectivity index is 3.08. The lowest BCUT2D eigenvalue weighted by molar-refractivity contribution is -0.164. The molecule has 0 atom stereocenters. The normalized spacial score (nSPS) is 14.1. The van der Waals surface area contributed by atoms with E-state index in [1.165, 1.54) is 12.2 Å². The predicted octanol–water partition coefficient (Wildman–Crippen LogP) is 4.09. The van der Waals surface area contributed by atoms with Crippen molar-refractivity contribution in [3.05, 3.63) is 23.3 Å². The third-order valence-corrected chi connectivity index (χ3v) is 6.94. The van der Waals surface area contributed by atoms with Gasteiger partial charge in [-0.1, -0.05) is 27.7 Å². The van der Waals surface area contributed by atoms with E-state index in [1.54, 1.807) is 55.4 Å². The Kier molecular flexibility index (Phi) is 13.4. The molecule has 224 valence electrons. The fourth-order valence-corrected chi connectivity index (χ4v) is 4.53. The fourth-order valence-electron chi connectivity index (χ4n) is 4.53. The van der Waals surface area contributed by atoms with Crippen molar-refractivity contribution < 1.29 is 47.7 Å². The molecule has 0 spiro atoms. The van der Waals surface area contributed by atoms with Gasteiger partial charge in [-0.15, -0.1) is 0 Å². The van der Waals surface area contributed by atoms with Crippen molar-refractivity contribution in [3.63, 3.8) is 0 Å². The van der Waals surface area contributed by atoms with Crippen molar-refractivity contribution in [3.8, 4) is 0 Å². The van der Waals surface area contributed by atoms with Gasteiger partial charge < -0.3 is 18.9 Å². The molecule has 1 rings (SSSR count). The molecular weight excluding hydrogens is 520 g/mol. The molecule has 0 aliphatic heterocycles. The monoisotopic (exact) mass is 564 g/mol. The first kappa shape index (κ1) is 34.7. The van der Waals surface area contributed by atoms with Crippen molar-refractivity contribution in [2.24, 2.45) is 22.7 Å². The van der Waals surface area contributed by atoms with Crippen LogP contribution in [0.4, 0.5) is 0 Å². The second-order valence-electron chi connectivity index (χ2n) is 10.8. The lowest BCUT2D eigenvalue weighted by atomic mass is 9.69. The Morgan fingerprint density at radius 3 is 1.05 bits per heavy atom. The number of ether oxygens (including phenoxy) is 4. The van der Waals surface area contributed by atoms with Crippen LogP contribution >= 0.6 is 0 Å². The second kappa shape index (κ2) is 15.5. The number of ketones is 2. The van der Waals surface area contributed by atoms with Crippen LogP contribution in [0.3, 0.4) is 0 Å². The van der Waals surface area contributed by atoms with Crippen LogP contribution in [0.5, 0.6) is 0 Å². The van der Waals surface area contributed by atoms with E-state index < -0.39 is 46.5 Å². The van der Waals surface area contributed by atoms with Gasteiger partial charge >= 0.3 is 23.9 Å². The van der Waals surface area contributed by atoms with Gasteiger partial charge in [0.25, 0.3) is 0 Å². The van der Waals surface area contributed by atoms with Crippen LogP contribution in [0, 0.1) is 22.7 Å². The first-order valence-corrected chi connectivity index (χ1v) is 13.9. The summed E-state index contributed by atoms with van der Waals surface area (Å²) in [5.41, 5.74) is -1.15. The van der Waals surface area contributed by atoms with Crippen LogP contribution in [-0.4, -0.2) is 61.9 Å². The minimum atomic E-state index is -1.13. The number of hydrogen-bond donors (Lipinski definition) is 0. The first-order chi connectivity index (χ1) is 18.7. The Morgan fingerprint density at radius 1 is 0.575 bits per heavy atom. The summed E-state index contributed by atoms with van der Waals surface area (Å²) in [6.45, 7) is 14.1. The summed E-state index contributed by atoms with van der Waals surface area (Å²) in [6, 6.07) is 0. The van der Waals surface area contributed by atoms with Gasteiger partial charge in [0.2, 0.25) is 0 Å². The number of carbonyl (C=O) groups is 6. The van der Waals surface area contributed by atoms with E-state index in [4.69, 9.17) is 18.9 Å². The molecule has 0 aromatic rings. The van der Waals surface area contributed by atoms with Crippen LogP contribution in [0.25, 0.3) is 0 Å². The molecule has 10 heteroatoms. The molecule has 0 unspecified atom stereocenters. The van der Waals surface area contributed by atoms with Crippen LogP contribution in [-0.2, 0) is 47.7 Å². The summed E-state index contributed by atoms with van der Waals surface area (Å²) >= 11 is 0. The standard InChI is InChI=1S/C30H44O10/c1-9-37-25(33)19(26(34)38-10-2)13-15-29(5,6)21-17-24(32)22(18-23(21)31)30(7,8)16-14-20(27(35)39-11-3)28(36)40-12-4/h17-20H,9-16H2,1-8H3. The van der Waals surface area contributed by atoms with E-state index in [-0.39, 0.29) is 74.8 Å². The van der Waals surface area contributed by atoms with Crippen LogP contribution < -0.4 is 0 Å². The maximum Gasteiger partial charge on any atom is 0.320 e. The largest absolute Gasteiger partial charge is 0.465 e. The summed E-state index contributed by atoms with van der Waals surface area (Å²) in [5.74, 6) is -5.74. The minimum Gasteiger partial charge on any atom is -0.465 e. The van der Waals surface area contributed by atoms with Crippen LogP contribution in [0.1, 0.15) is 81.1 Å². The highest BCUT2D eigenvalue weighted by Crippen LogP contribution is 2.41. The molecule has 0 aromatic carbocycles. The first-order valence-electron chi connectivity index (χ1n) is 13.9. The SMILES string of the molecule is CCOC(=O)C(CCC(C)(C)C1=CC(=O)C(C(C)(C)CCC(C(=O)OCC)C(=O)OCC)=CC1=O)C(=O)OCC. The number of allylic oxidation sites excluding steroid dienone is 4. The molecule has 0 radical (unpaired) electrons. The zero-order chi connectivity index (χ0) is 30.7. The third kappa shape index (κ3) is 9.41. The van der Waals surface area contributed by atoms with Crippen molar-refractivity contribution in [1.82, 2.24) is 0 Å². The zero-order valence-corrected chi connectivity index (χ0v) is 25.0. The van der Waals surface area contributed by atoms with Gasteiger partial charge in [0, 0.05) is 11.1 Å². The molecule has 0 saturated heterocycles. The van der Waals surface area contributed by atoms with Crippen molar-refractivity contribution >= 4 is 35.4 Å². The maximum atomic E-state index is 13.3. The number of rotatable bonds is 16. The maximum absolute atomic E-state index is 13.3. The van der Waals surface area contributed by atoms with Gasteiger partial charge in [-0.2, -0.15) is 0 Å². The minimum absolute atomic E-state index is 0.0780. The molecule has 0 aromatic heterocycles. The van der Waals surface area contributed by atoms with Gasteiger partial charge in [-0.3, -0.25) is 28.8 Å². The zero-order valence-electron chi connectivity index (χ0n) is 25.0. The molecule has 0 N–H and O–H groups in total. The molecule has 0 heterocycles. The topological polar surface area (TPSA) is 139 Å². The Morgan fingerprint density at radius 2 is 0.825 bits per heavy atom. The average Bonchev–Trinajstić information content (AvgIpc) is 2.85.